The molecule has 2 amide bonds. The Morgan fingerprint density at radius 3 is 2.81 bits per heavy atom. The van der Waals surface area contributed by atoms with Gasteiger partial charge in [0.2, 0.25) is 11.8 Å². The second-order valence-corrected chi connectivity index (χ2v) is 7.12. The van der Waals surface area contributed by atoms with Gasteiger partial charge in [0.25, 0.3) is 0 Å². The Morgan fingerprint density at radius 2 is 2.08 bits per heavy atom. The summed E-state index contributed by atoms with van der Waals surface area (Å²) in [4.78, 5) is 26.3. The minimum Gasteiger partial charge on any atom is -0.492 e. The van der Waals surface area contributed by atoms with Crippen LogP contribution in [0.1, 0.15) is 33.6 Å². The number of para-hydroxylation sites is 2. The molecule has 1 aliphatic rings. The Kier molecular flexibility index (Phi) is 7.91. The summed E-state index contributed by atoms with van der Waals surface area (Å²) < 4.78 is 5.55. The quantitative estimate of drug-likeness (QED) is 0.746. The molecule has 2 rings (SSSR count). The van der Waals surface area contributed by atoms with Gasteiger partial charge in [0.1, 0.15) is 5.75 Å². The summed E-state index contributed by atoms with van der Waals surface area (Å²) in [6, 6.07) is 7.48. The van der Waals surface area contributed by atoms with Gasteiger partial charge in [-0.1, -0.05) is 26.0 Å². The van der Waals surface area contributed by atoms with Gasteiger partial charge in [0.15, 0.2) is 0 Å². The molecule has 1 saturated heterocycles. The zero-order chi connectivity index (χ0) is 18.9. The minimum atomic E-state index is -0.0379. The molecular formula is C20H31N3O3. The molecule has 1 aliphatic heterocycles. The Morgan fingerprint density at radius 1 is 1.31 bits per heavy atom. The van der Waals surface area contributed by atoms with Crippen LogP contribution in [0.15, 0.2) is 24.3 Å². The van der Waals surface area contributed by atoms with Gasteiger partial charge in [-0.05, 0) is 44.4 Å². The molecule has 0 saturated carbocycles. The Hall–Kier alpha value is -2.08. The fourth-order valence-corrected chi connectivity index (χ4v) is 3.15. The van der Waals surface area contributed by atoms with Crippen molar-refractivity contribution in [1.82, 2.24) is 10.2 Å². The lowest BCUT2D eigenvalue weighted by molar-refractivity contribution is -0.124. The number of anilines is 1. The summed E-state index contributed by atoms with van der Waals surface area (Å²) in [7, 11) is 0. The van der Waals surface area contributed by atoms with Crippen LogP contribution in [0, 0.1) is 11.8 Å². The molecule has 1 heterocycles. The lowest BCUT2D eigenvalue weighted by atomic mass is 9.97. The van der Waals surface area contributed by atoms with Crippen LogP contribution in [0.4, 0.5) is 5.69 Å². The summed E-state index contributed by atoms with van der Waals surface area (Å²) >= 11 is 0. The average molecular weight is 361 g/mol. The third-order valence-corrected chi connectivity index (χ3v) is 4.52. The molecule has 0 aliphatic carbocycles. The van der Waals surface area contributed by atoms with E-state index in [2.05, 4.69) is 15.5 Å². The molecule has 1 fully saturated rings. The van der Waals surface area contributed by atoms with E-state index in [0.717, 1.165) is 25.9 Å². The molecule has 26 heavy (non-hydrogen) atoms. The highest BCUT2D eigenvalue weighted by Crippen LogP contribution is 2.24. The van der Waals surface area contributed by atoms with Gasteiger partial charge < -0.3 is 15.4 Å². The van der Waals surface area contributed by atoms with Crippen molar-refractivity contribution >= 4 is 17.5 Å². The van der Waals surface area contributed by atoms with E-state index >= 15 is 0 Å². The maximum atomic E-state index is 12.4. The largest absolute Gasteiger partial charge is 0.492 e. The first-order valence-electron chi connectivity index (χ1n) is 9.51. The number of carbonyl (C=O) groups is 2. The molecule has 0 bridgehead atoms. The molecule has 0 aromatic heterocycles. The van der Waals surface area contributed by atoms with Crippen LogP contribution in [-0.4, -0.2) is 49.5 Å². The molecule has 1 aromatic carbocycles. The van der Waals surface area contributed by atoms with E-state index in [1.807, 2.05) is 45.0 Å². The zero-order valence-electron chi connectivity index (χ0n) is 16.1. The first-order chi connectivity index (χ1) is 12.5. The zero-order valence-corrected chi connectivity index (χ0v) is 16.1. The predicted octanol–water partition coefficient (Wildman–Crippen LogP) is 2.51. The predicted molar refractivity (Wildman–Crippen MR) is 103 cm³/mol. The van der Waals surface area contributed by atoms with E-state index in [1.54, 1.807) is 0 Å². The lowest BCUT2D eigenvalue weighted by Gasteiger charge is -2.32. The third kappa shape index (κ3) is 6.33. The van der Waals surface area contributed by atoms with Crippen molar-refractivity contribution in [2.75, 3.05) is 38.1 Å². The fraction of sp³-hybridized carbons (Fsp3) is 0.600. The van der Waals surface area contributed by atoms with Crippen molar-refractivity contribution in [3.63, 3.8) is 0 Å². The number of hydrogen-bond acceptors (Lipinski definition) is 4. The van der Waals surface area contributed by atoms with Crippen LogP contribution in [0.3, 0.4) is 0 Å². The SMILES string of the molecule is CCOc1ccccc1NC(=O)CN1CCCC(CNC(=O)C(C)C)C1. The van der Waals surface area contributed by atoms with Gasteiger partial charge in [-0.2, -0.15) is 0 Å². The molecule has 2 N–H and O–H groups in total. The van der Waals surface area contributed by atoms with Crippen molar-refractivity contribution < 1.29 is 14.3 Å². The first-order valence-corrected chi connectivity index (χ1v) is 9.51. The van der Waals surface area contributed by atoms with Gasteiger partial charge in [-0.25, -0.2) is 0 Å². The van der Waals surface area contributed by atoms with Crippen molar-refractivity contribution in [2.45, 2.75) is 33.6 Å². The van der Waals surface area contributed by atoms with Crippen LogP contribution in [-0.2, 0) is 9.59 Å². The number of rotatable bonds is 8. The molecular weight excluding hydrogens is 330 g/mol. The molecule has 0 spiro atoms. The second kappa shape index (κ2) is 10.2. The fourth-order valence-electron chi connectivity index (χ4n) is 3.15. The monoisotopic (exact) mass is 361 g/mol. The van der Waals surface area contributed by atoms with Crippen molar-refractivity contribution in [3.05, 3.63) is 24.3 Å². The number of likely N-dealkylation sites (tertiary alicyclic amines) is 1. The van der Waals surface area contributed by atoms with Crippen molar-refractivity contribution in [2.24, 2.45) is 11.8 Å². The molecule has 0 radical (unpaired) electrons. The minimum absolute atomic E-state index is 0.00544. The number of ether oxygens (including phenoxy) is 1. The lowest BCUT2D eigenvalue weighted by Crippen LogP contribution is -2.44. The molecule has 144 valence electrons. The summed E-state index contributed by atoms with van der Waals surface area (Å²) in [6.45, 7) is 9.05. The number of nitrogens with one attached hydrogen (secondary N) is 2. The average Bonchev–Trinajstić information content (AvgIpc) is 2.61. The number of carbonyl (C=O) groups excluding carboxylic acids is 2. The number of nitrogens with zero attached hydrogens (tertiary/aromatic N) is 1. The highest BCUT2D eigenvalue weighted by molar-refractivity contribution is 5.93. The summed E-state index contributed by atoms with van der Waals surface area (Å²) in [5, 5.41) is 5.95. The van der Waals surface area contributed by atoms with Crippen LogP contribution >= 0.6 is 0 Å². The molecule has 1 atom stereocenters. The van der Waals surface area contributed by atoms with Crippen molar-refractivity contribution in [1.29, 1.82) is 0 Å². The molecule has 6 nitrogen and oxygen atoms in total. The van der Waals surface area contributed by atoms with E-state index in [1.165, 1.54) is 0 Å². The van der Waals surface area contributed by atoms with Crippen LogP contribution in [0.25, 0.3) is 0 Å². The third-order valence-electron chi connectivity index (χ3n) is 4.52. The van der Waals surface area contributed by atoms with E-state index in [-0.39, 0.29) is 17.7 Å². The molecule has 1 unspecified atom stereocenters. The summed E-state index contributed by atoms with van der Waals surface area (Å²) in [6.07, 6.45) is 2.13. The Balaban J connectivity index is 1.82. The number of hydrogen-bond donors (Lipinski definition) is 2. The summed E-state index contributed by atoms with van der Waals surface area (Å²) in [5.74, 6) is 1.15. The number of benzene rings is 1. The summed E-state index contributed by atoms with van der Waals surface area (Å²) in [5.41, 5.74) is 0.706. The molecule has 6 heteroatoms. The maximum Gasteiger partial charge on any atom is 0.238 e. The van der Waals surface area contributed by atoms with Crippen LogP contribution < -0.4 is 15.4 Å². The van der Waals surface area contributed by atoms with Gasteiger partial charge in [-0.15, -0.1) is 0 Å². The number of piperidine rings is 1. The van der Waals surface area contributed by atoms with Gasteiger partial charge in [0.05, 0.1) is 18.8 Å². The second-order valence-electron chi connectivity index (χ2n) is 7.12. The van der Waals surface area contributed by atoms with Gasteiger partial charge >= 0.3 is 0 Å². The smallest absolute Gasteiger partial charge is 0.238 e. The van der Waals surface area contributed by atoms with E-state index < -0.39 is 0 Å². The van der Waals surface area contributed by atoms with Gasteiger partial charge in [0, 0.05) is 19.0 Å². The van der Waals surface area contributed by atoms with Crippen LogP contribution in [0.5, 0.6) is 5.75 Å². The normalized spacial score (nSPS) is 17.8. The van der Waals surface area contributed by atoms with Crippen LogP contribution in [0.2, 0.25) is 0 Å². The van der Waals surface area contributed by atoms with Crippen molar-refractivity contribution in [3.8, 4) is 5.75 Å². The number of amides is 2. The first kappa shape index (κ1) is 20.2. The highest BCUT2D eigenvalue weighted by Gasteiger charge is 2.22. The van der Waals surface area contributed by atoms with E-state index in [0.29, 0.717) is 37.1 Å². The Bertz CT molecular complexity index is 604. The van der Waals surface area contributed by atoms with Gasteiger partial charge in [-0.3, -0.25) is 14.5 Å². The Labute approximate surface area is 156 Å². The van der Waals surface area contributed by atoms with E-state index in [4.69, 9.17) is 4.74 Å². The standard InChI is InChI=1S/C20H31N3O3/c1-4-26-18-10-6-5-9-17(18)22-19(24)14-23-11-7-8-16(13-23)12-21-20(25)15(2)3/h5-6,9-10,15-16H,4,7-8,11-14H2,1-3H3,(H,21,25)(H,22,24). The highest BCUT2D eigenvalue weighted by atomic mass is 16.5. The topological polar surface area (TPSA) is 70.7 Å². The van der Waals surface area contributed by atoms with E-state index in [9.17, 15) is 9.59 Å². The maximum absolute atomic E-state index is 12.4. The molecule has 1 aromatic rings.